The largest absolute Gasteiger partial charge is 0.490 e. The quantitative estimate of drug-likeness (QED) is 0.570. The predicted octanol–water partition coefficient (Wildman–Crippen LogP) is 3.52. The molecule has 0 saturated carbocycles. The molecular formula is C17H18O3. The van der Waals surface area contributed by atoms with Crippen molar-refractivity contribution < 1.29 is 14.3 Å². The number of hydrogen-bond donors (Lipinski definition) is 0. The first kappa shape index (κ1) is 14.1. The van der Waals surface area contributed by atoms with Gasteiger partial charge in [0.25, 0.3) is 0 Å². The van der Waals surface area contributed by atoms with E-state index in [0.29, 0.717) is 18.8 Å². The van der Waals surface area contributed by atoms with Gasteiger partial charge in [0, 0.05) is 5.56 Å². The van der Waals surface area contributed by atoms with E-state index in [2.05, 4.69) is 19.1 Å². The molecule has 0 aliphatic carbocycles. The number of ether oxygens (including phenoxy) is 2. The lowest BCUT2D eigenvalue weighted by atomic mass is 10.2. The summed E-state index contributed by atoms with van der Waals surface area (Å²) in [5.41, 5.74) is 1.94. The van der Waals surface area contributed by atoms with Crippen LogP contribution in [0.4, 0.5) is 0 Å². The first-order valence-electron chi connectivity index (χ1n) is 6.71. The molecule has 3 heteroatoms. The minimum atomic E-state index is 0.468. The van der Waals surface area contributed by atoms with Crippen LogP contribution in [-0.2, 0) is 6.42 Å². The highest BCUT2D eigenvalue weighted by Gasteiger charge is 1.97. The fourth-order valence-electron chi connectivity index (χ4n) is 1.78. The van der Waals surface area contributed by atoms with Crippen LogP contribution in [0.25, 0.3) is 0 Å². The Morgan fingerprint density at radius 2 is 1.35 bits per heavy atom. The van der Waals surface area contributed by atoms with Crippen LogP contribution in [0.5, 0.6) is 11.5 Å². The summed E-state index contributed by atoms with van der Waals surface area (Å²) in [6.45, 7) is 3.08. The molecule has 2 aromatic carbocycles. The molecule has 0 aliphatic rings. The summed E-state index contributed by atoms with van der Waals surface area (Å²) in [5, 5.41) is 0. The van der Waals surface area contributed by atoms with Gasteiger partial charge in [-0.1, -0.05) is 19.1 Å². The van der Waals surface area contributed by atoms with Gasteiger partial charge in [-0.2, -0.15) is 0 Å². The summed E-state index contributed by atoms with van der Waals surface area (Å²) < 4.78 is 11.1. The van der Waals surface area contributed by atoms with Crippen LogP contribution in [0.3, 0.4) is 0 Å². The topological polar surface area (TPSA) is 35.5 Å². The Hall–Kier alpha value is -2.29. The summed E-state index contributed by atoms with van der Waals surface area (Å²) in [5.74, 6) is 1.59. The summed E-state index contributed by atoms with van der Waals surface area (Å²) in [6.07, 6.45) is 1.84. The summed E-state index contributed by atoms with van der Waals surface area (Å²) in [7, 11) is 0. The number of benzene rings is 2. The maximum atomic E-state index is 10.5. The lowest BCUT2D eigenvalue weighted by Gasteiger charge is -2.08. The molecule has 0 saturated heterocycles. The van der Waals surface area contributed by atoms with Crippen molar-refractivity contribution in [3.8, 4) is 11.5 Å². The molecule has 0 amide bonds. The monoisotopic (exact) mass is 270 g/mol. The van der Waals surface area contributed by atoms with Crippen LogP contribution in [0.1, 0.15) is 22.8 Å². The van der Waals surface area contributed by atoms with Gasteiger partial charge in [0.1, 0.15) is 31.0 Å². The van der Waals surface area contributed by atoms with E-state index in [0.717, 1.165) is 24.2 Å². The van der Waals surface area contributed by atoms with Crippen molar-refractivity contribution in [1.29, 1.82) is 0 Å². The highest BCUT2D eigenvalue weighted by molar-refractivity contribution is 5.74. The molecule has 0 radical (unpaired) electrons. The van der Waals surface area contributed by atoms with Crippen LogP contribution in [0, 0.1) is 0 Å². The smallest absolute Gasteiger partial charge is 0.150 e. The van der Waals surface area contributed by atoms with E-state index in [4.69, 9.17) is 9.47 Å². The van der Waals surface area contributed by atoms with E-state index in [1.165, 1.54) is 5.56 Å². The second-order valence-electron chi connectivity index (χ2n) is 4.38. The minimum Gasteiger partial charge on any atom is -0.490 e. The number of aldehydes is 1. The molecule has 0 spiro atoms. The highest BCUT2D eigenvalue weighted by atomic mass is 16.5. The Labute approximate surface area is 119 Å². The first-order chi connectivity index (χ1) is 9.81. The van der Waals surface area contributed by atoms with E-state index < -0.39 is 0 Å². The number of carbonyl (C=O) groups excluding carboxylic acids is 1. The van der Waals surface area contributed by atoms with E-state index in [1.54, 1.807) is 24.3 Å². The van der Waals surface area contributed by atoms with Gasteiger partial charge < -0.3 is 9.47 Å². The fourth-order valence-corrected chi connectivity index (χ4v) is 1.78. The normalized spacial score (nSPS) is 10.1. The second kappa shape index (κ2) is 7.34. The van der Waals surface area contributed by atoms with Gasteiger partial charge in [-0.3, -0.25) is 4.79 Å². The Balaban J connectivity index is 1.73. The molecule has 0 fully saturated rings. The average Bonchev–Trinajstić information content (AvgIpc) is 2.53. The van der Waals surface area contributed by atoms with Crippen molar-refractivity contribution >= 4 is 6.29 Å². The van der Waals surface area contributed by atoms with Crippen LogP contribution < -0.4 is 9.47 Å². The Bertz CT molecular complexity index is 529. The minimum absolute atomic E-state index is 0.468. The molecule has 2 aromatic rings. The number of rotatable bonds is 7. The fraction of sp³-hybridized carbons (Fsp3) is 0.235. The molecule has 0 unspecified atom stereocenters. The van der Waals surface area contributed by atoms with Gasteiger partial charge in [0.05, 0.1) is 0 Å². The van der Waals surface area contributed by atoms with Gasteiger partial charge in [-0.05, 0) is 48.4 Å². The second-order valence-corrected chi connectivity index (χ2v) is 4.38. The molecular weight excluding hydrogens is 252 g/mol. The van der Waals surface area contributed by atoms with Crippen molar-refractivity contribution in [3.63, 3.8) is 0 Å². The Morgan fingerprint density at radius 1 is 0.850 bits per heavy atom. The molecule has 2 rings (SSSR count). The van der Waals surface area contributed by atoms with Gasteiger partial charge in [-0.25, -0.2) is 0 Å². The molecule has 0 N–H and O–H groups in total. The SMILES string of the molecule is CCc1ccc(OCCOc2ccc(C=O)cc2)cc1. The van der Waals surface area contributed by atoms with Crippen molar-refractivity contribution in [2.24, 2.45) is 0 Å². The van der Waals surface area contributed by atoms with Crippen molar-refractivity contribution in [1.82, 2.24) is 0 Å². The number of hydrogen-bond acceptors (Lipinski definition) is 3. The van der Waals surface area contributed by atoms with Gasteiger partial charge >= 0.3 is 0 Å². The summed E-state index contributed by atoms with van der Waals surface area (Å²) >= 11 is 0. The molecule has 104 valence electrons. The molecule has 0 atom stereocenters. The third-order valence-corrected chi connectivity index (χ3v) is 2.97. The third kappa shape index (κ3) is 4.12. The predicted molar refractivity (Wildman–Crippen MR) is 78.6 cm³/mol. The zero-order valence-corrected chi connectivity index (χ0v) is 11.5. The molecule has 0 aromatic heterocycles. The third-order valence-electron chi connectivity index (χ3n) is 2.97. The molecule has 0 aliphatic heterocycles. The van der Waals surface area contributed by atoms with Crippen LogP contribution in [-0.4, -0.2) is 19.5 Å². The van der Waals surface area contributed by atoms with E-state index in [1.807, 2.05) is 12.1 Å². The van der Waals surface area contributed by atoms with Crippen LogP contribution >= 0.6 is 0 Å². The lowest BCUT2D eigenvalue weighted by Crippen LogP contribution is -2.08. The summed E-state index contributed by atoms with van der Waals surface area (Å²) in [6, 6.07) is 15.1. The first-order valence-corrected chi connectivity index (χ1v) is 6.71. The highest BCUT2D eigenvalue weighted by Crippen LogP contribution is 2.13. The van der Waals surface area contributed by atoms with Gasteiger partial charge in [0.15, 0.2) is 0 Å². The standard InChI is InChI=1S/C17H18O3/c1-2-14-3-7-16(8-4-14)19-11-12-20-17-9-5-15(13-18)6-10-17/h3-10,13H,2,11-12H2,1H3. The van der Waals surface area contributed by atoms with Crippen LogP contribution in [0.15, 0.2) is 48.5 Å². The zero-order valence-electron chi connectivity index (χ0n) is 11.5. The van der Waals surface area contributed by atoms with Crippen molar-refractivity contribution in [2.45, 2.75) is 13.3 Å². The Kier molecular flexibility index (Phi) is 5.18. The molecule has 0 heterocycles. The average molecular weight is 270 g/mol. The number of aryl methyl sites for hydroxylation is 1. The molecule has 3 nitrogen and oxygen atoms in total. The Morgan fingerprint density at radius 3 is 1.80 bits per heavy atom. The summed E-state index contributed by atoms with van der Waals surface area (Å²) in [4.78, 5) is 10.5. The van der Waals surface area contributed by atoms with Gasteiger partial charge in [-0.15, -0.1) is 0 Å². The van der Waals surface area contributed by atoms with Crippen LogP contribution in [0.2, 0.25) is 0 Å². The lowest BCUT2D eigenvalue weighted by molar-refractivity contribution is 0.112. The van der Waals surface area contributed by atoms with E-state index in [-0.39, 0.29) is 0 Å². The maximum absolute atomic E-state index is 10.5. The van der Waals surface area contributed by atoms with Crippen molar-refractivity contribution in [3.05, 3.63) is 59.7 Å². The molecule has 20 heavy (non-hydrogen) atoms. The maximum Gasteiger partial charge on any atom is 0.150 e. The van der Waals surface area contributed by atoms with Gasteiger partial charge in [0.2, 0.25) is 0 Å². The van der Waals surface area contributed by atoms with E-state index >= 15 is 0 Å². The van der Waals surface area contributed by atoms with Crippen molar-refractivity contribution in [2.75, 3.05) is 13.2 Å². The molecule has 0 bridgehead atoms. The van der Waals surface area contributed by atoms with E-state index in [9.17, 15) is 4.79 Å². The zero-order chi connectivity index (χ0) is 14.2. The number of carbonyl (C=O) groups is 1.